The Kier molecular flexibility index (Phi) is 6.13. The summed E-state index contributed by atoms with van der Waals surface area (Å²) in [6.07, 6.45) is 3.70. The van der Waals surface area contributed by atoms with Gasteiger partial charge in [0.25, 0.3) is 5.91 Å². The summed E-state index contributed by atoms with van der Waals surface area (Å²) >= 11 is 1.37. The molecule has 33 heavy (non-hydrogen) atoms. The van der Waals surface area contributed by atoms with Gasteiger partial charge in [0.15, 0.2) is 10.9 Å². The first-order valence-electron chi connectivity index (χ1n) is 11.0. The van der Waals surface area contributed by atoms with Crippen LogP contribution in [0.2, 0.25) is 0 Å². The zero-order chi connectivity index (χ0) is 22.6. The molecule has 1 amide bonds. The minimum atomic E-state index is -0.0457. The van der Waals surface area contributed by atoms with Gasteiger partial charge in [-0.1, -0.05) is 72.4 Å². The smallest absolute Gasteiger partial charge is 0.270 e. The number of carbonyl (C=O) groups is 2. The molecule has 3 heterocycles. The van der Waals surface area contributed by atoms with Crippen LogP contribution < -0.4 is 0 Å². The first kappa shape index (κ1) is 21.3. The van der Waals surface area contributed by atoms with Gasteiger partial charge >= 0.3 is 0 Å². The molecule has 5 rings (SSSR count). The number of aromatic nitrogens is 3. The number of H-pyrrole nitrogens is 2. The van der Waals surface area contributed by atoms with Crippen LogP contribution in [0.3, 0.4) is 0 Å². The van der Waals surface area contributed by atoms with Gasteiger partial charge in [-0.3, -0.25) is 9.59 Å². The Bertz CT molecular complexity index is 1200. The molecule has 1 aliphatic heterocycles. The molecule has 2 N–H and O–H groups in total. The van der Waals surface area contributed by atoms with Crippen LogP contribution in [0, 0.1) is 0 Å². The molecule has 0 radical (unpaired) electrons. The van der Waals surface area contributed by atoms with Crippen molar-refractivity contribution in [3.05, 3.63) is 84.2 Å². The van der Waals surface area contributed by atoms with E-state index in [2.05, 4.69) is 9.97 Å². The number of ketones is 1. The molecule has 0 aliphatic carbocycles. The lowest BCUT2D eigenvalue weighted by atomic mass is 10.1. The molecule has 0 saturated carbocycles. The maximum absolute atomic E-state index is 12.8. The summed E-state index contributed by atoms with van der Waals surface area (Å²) in [7, 11) is 0. The number of benzene rings is 2. The quantitative estimate of drug-likeness (QED) is 0.293. The molecule has 2 aromatic heterocycles. The number of likely N-dealkylation sites (tertiary alicyclic amines) is 1. The zero-order valence-electron chi connectivity index (χ0n) is 18.1. The number of amides is 1. The van der Waals surface area contributed by atoms with Crippen LogP contribution in [0.15, 0.2) is 78.1 Å². The topological polar surface area (TPSA) is 81.8 Å². The minimum Gasteiger partial charge on any atom is -0.356 e. The minimum absolute atomic E-state index is 0.0368. The Hall–Kier alpha value is -3.58. The van der Waals surface area contributed by atoms with Crippen LogP contribution in [0.4, 0.5) is 0 Å². The van der Waals surface area contributed by atoms with Crippen molar-refractivity contribution in [3.63, 3.8) is 0 Å². The lowest BCUT2D eigenvalue weighted by Gasteiger charge is -2.13. The van der Waals surface area contributed by atoms with Crippen LogP contribution in [-0.4, -0.2) is 50.4 Å². The lowest BCUT2D eigenvalue weighted by Crippen LogP contribution is -2.27. The van der Waals surface area contributed by atoms with E-state index >= 15 is 0 Å². The van der Waals surface area contributed by atoms with Crippen LogP contribution in [0.5, 0.6) is 0 Å². The molecule has 0 unspecified atom stereocenters. The summed E-state index contributed by atoms with van der Waals surface area (Å²) in [5.41, 5.74) is 4.83. The third kappa shape index (κ3) is 4.64. The molecule has 0 bridgehead atoms. The Morgan fingerprint density at radius 3 is 2.30 bits per heavy atom. The van der Waals surface area contributed by atoms with Gasteiger partial charge in [0, 0.05) is 36.0 Å². The second-order valence-corrected chi connectivity index (χ2v) is 8.97. The van der Waals surface area contributed by atoms with Crippen LogP contribution in [0.1, 0.15) is 33.7 Å². The standard InChI is InChI=1S/C26H24N4O2S/c31-22(20-15-21(27-16-20)25(32)30-13-7-8-14-30)17-33-26-28-23(18-9-3-1-4-10-18)24(29-26)19-11-5-2-6-12-19/h1-6,9-12,15-16,27H,7-8,13-14,17H2,(H,28,29). The molecule has 0 spiro atoms. The van der Waals surface area contributed by atoms with Gasteiger partial charge in [-0.25, -0.2) is 4.98 Å². The molecular weight excluding hydrogens is 432 g/mol. The van der Waals surface area contributed by atoms with Crippen LogP contribution >= 0.6 is 11.8 Å². The third-order valence-corrected chi connectivity index (χ3v) is 6.63. The van der Waals surface area contributed by atoms with E-state index in [1.54, 1.807) is 12.3 Å². The molecule has 1 fully saturated rings. The van der Waals surface area contributed by atoms with E-state index in [-0.39, 0.29) is 17.4 Å². The molecule has 1 saturated heterocycles. The van der Waals surface area contributed by atoms with Crippen LogP contribution in [-0.2, 0) is 0 Å². The number of imidazole rings is 1. The summed E-state index contributed by atoms with van der Waals surface area (Å²) in [4.78, 5) is 38.3. The molecular formula is C26H24N4O2S. The van der Waals surface area contributed by atoms with Crippen molar-refractivity contribution in [2.24, 2.45) is 0 Å². The molecule has 1 aliphatic rings. The van der Waals surface area contributed by atoms with Gasteiger partial charge in [0.05, 0.1) is 17.1 Å². The Labute approximate surface area is 196 Å². The monoisotopic (exact) mass is 456 g/mol. The summed E-state index contributed by atoms with van der Waals surface area (Å²) < 4.78 is 0. The molecule has 6 nitrogen and oxygen atoms in total. The van der Waals surface area contributed by atoms with E-state index < -0.39 is 0 Å². The van der Waals surface area contributed by atoms with E-state index in [9.17, 15) is 9.59 Å². The molecule has 166 valence electrons. The van der Waals surface area contributed by atoms with Crippen molar-refractivity contribution in [2.45, 2.75) is 18.0 Å². The normalized spacial score (nSPS) is 13.4. The SMILES string of the molecule is O=C(CSc1nc(-c2ccccc2)c(-c2ccccc2)[nH]1)c1c[nH]c(C(=O)N2CCCC2)c1. The predicted molar refractivity (Wildman–Crippen MR) is 130 cm³/mol. The van der Waals surface area contributed by atoms with Crippen molar-refractivity contribution in [2.75, 3.05) is 18.8 Å². The highest BCUT2D eigenvalue weighted by molar-refractivity contribution is 7.99. The Morgan fingerprint density at radius 1 is 0.939 bits per heavy atom. The lowest BCUT2D eigenvalue weighted by molar-refractivity contribution is 0.0787. The fraction of sp³-hybridized carbons (Fsp3) is 0.192. The number of thioether (sulfide) groups is 1. The van der Waals surface area contributed by atoms with Crippen molar-refractivity contribution < 1.29 is 9.59 Å². The zero-order valence-corrected chi connectivity index (χ0v) is 18.9. The van der Waals surface area contributed by atoms with Gasteiger partial charge < -0.3 is 14.9 Å². The van der Waals surface area contributed by atoms with Gasteiger partial charge in [0.1, 0.15) is 5.69 Å². The van der Waals surface area contributed by atoms with Crippen molar-refractivity contribution >= 4 is 23.5 Å². The van der Waals surface area contributed by atoms with E-state index in [4.69, 9.17) is 4.98 Å². The number of hydrogen-bond acceptors (Lipinski definition) is 4. The van der Waals surface area contributed by atoms with Crippen molar-refractivity contribution in [1.82, 2.24) is 19.9 Å². The average Bonchev–Trinajstić information content (AvgIpc) is 3.64. The van der Waals surface area contributed by atoms with E-state index in [0.717, 1.165) is 48.4 Å². The summed E-state index contributed by atoms with van der Waals surface area (Å²) in [5.74, 6) is 0.145. The predicted octanol–water partition coefficient (Wildman–Crippen LogP) is 5.28. The summed E-state index contributed by atoms with van der Waals surface area (Å²) in [5, 5.41) is 0.685. The first-order valence-corrected chi connectivity index (χ1v) is 12.0. The highest BCUT2D eigenvalue weighted by Crippen LogP contribution is 2.32. The number of aromatic amines is 2. The Balaban J connectivity index is 1.32. The van der Waals surface area contributed by atoms with Gasteiger partial charge in [-0.05, 0) is 18.9 Å². The average molecular weight is 457 g/mol. The highest BCUT2D eigenvalue weighted by atomic mass is 32.2. The maximum Gasteiger partial charge on any atom is 0.270 e. The van der Waals surface area contributed by atoms with Crippen molar-refractivity contribution in [1.29, 1.82) is 0 Å². The van der Waals surface area contributed by atoms with E-state index in [1.165, 1.54) is 11.8 Å². The number of hydrogen-bond donors (Lipinski definition) is 2. The van der Waals surface area contributed by atoms with Gasteiger partial charge in [-0.15, -0.1) is 0 Å². The number of nitrogens with zero attached hydrogens (tertiary/aromatic N) is 2. The summed E-state index contributed by atoms with van der Waals surface area (Å²) in [6, 6.07) is 21.7. The fourth-order valence-corrected chi connectivity index (χ4v) is 4.79. The maximum atomic E-state index is 12.8. The second-order valence-electron chi connectivity index (χ2n) is 8.01. The van der Waals surface area contributed by atoms with Crippen molar-refractivity contribution in [3.8, 4) is 22.5 Å². The molecule has 4 aromatic rings. The number of nitrogens with one attached hydrogen (secondary N) is 2. The molecule has 7 heteroatoms. The van der Waals surface area contributed by atoms with Gasteiger partial charge in [-0.2, -0.15) is 0 Å². The first-order chi connectivity index (χ1) is 16.2. The fourth-order valence-electron chi connectivity index (χ4n) is 4.03. The van der Waals surface area contributed by atoms with E-state index in [1.807, 2.05) is 65.6 Å². The largest absolute Gasteiger partial charge is 0.356 e. The third-order valence-electron chi connectivity index (χ3n) is 5.76. The van der Waals surface area contributed by atoms with Crippen LogP contribution in [0.25, 0.3) is 22.5 Å². The molecule has 0 atom stereocenters. The van der Waals surface area contributed by atoms with E-state index in [0.29, 0.717) is 16.4 Å². The number of Topliss-reactive ketones (excluding diaryl/α,β-unsaturated/α-hetero) is 1. The highest BCUT2D eigenvalue weighted by Gasteiger charge is 2.22. The van der Waals surface area contributed by atoms with Gasteiger partial charge in [0.2, 0.25) is 0 Å². The molecule has 2 aromatic carbocycles. The summed E-state index contributed by atoms with van der Waals surface area (Å²) in [6.45, 7) is 1.56. The Morgan fingerprint density at radius 2 is 1.61 bits per heavy atom. The second kappa shape index (κ2) is 9.50. The number of carbonyl (C=O) groups excluding carboxylic acids is 2. The number of rotatable bonds is 7.